The molecule has 0 atom stereocenters. The molecular formula is C30H17ClF10N2. The van der Waals surface area contributed by atoms with E-state index < -0.39 is 58.5 Å². The highest BCUT2D eigenvalue weighted by Crippen LogP contribution is 2.40. The van der Waals surface area contributed by atoms with Crippen LogP contribution in [-0.4, -0.2) is 9.78 Å². The van der Waals surface area contributed by atoms with E-state index in [-0.39, 0.29) is 45.4 Å². The number of fused-ring (bicyclic) bond motifs is 1. The summed E-state index contributed by atoms with van der Waals surface area (Å²) in [4.78, 5) is 0. The van der Waals surface area contributed by atoms with Crippen molar-refractivity contribution in [3.05, 3.63) is 123 Å². The maximum Gasteiger partial charge on any atom is 0.418 e. The van der Waals surface area contributed by atoms with Gasteiger partial charge in [0.15, 0.2) is 0 Å². The van der Waals surface area contributed by atoms with E-state index in [1.165, 1.54) is 48.5 Å². The smallest absolute Gasteiger partial charge is 0.259 e. The lowest BCUT2D eigenvalue weighted by Gasteiger charge is -2.16. The molecule has 13 heteroatoms. The molecular weight excluding hydrogens is 614 g/mol. The predicted octanol–water partition coefficient (Wildman–Crippen LogP) is 10.2. The van der Waals surface area contributed by atoms with Crippen molar-refractivity contribution in [2.75, 3.05) is 0 Å². The summed E-state index contributed by atoms with van der Waals surface area (Å²) in [6.45, 7) is -0.314. The molecule has 1 heterocycles. The largest absolute Gasteiger partial charge is 0.418 e. The van der Waals surface area contributed by atoms with Crippen molar-refractivity contribution in [3.63, 3.8) is 0 Å². The lowest BCUT2D eigenvalue weighted by molar-refractivity contribution is -0.143. The van der Waals surface area contributed by atoms with Gasteiger partial charge in [0.05, 0.1) is 28.9 Å². The molecule has 0 aliphatic heterocycles. The first-order valence-corrected chi connectivity index (χ1v) is 12.8. The SMILES string of the molecule is Fc1cc(Cl)ccc1Cn1nc2c(C(F)(F)F)cccc2c1-c1cccc(Cc2ccc(C(F)(F)F)cc2C(F)(F)F)c1. The molecule has 0 fully saturated rings. The number of hydrogen-bond acceptors (Lipinski definition) is 1. The second-order valence-electron chi connectivity index (χ2n) is 9.69. The number of rotatable bonds is 5. The Hall–Kier alpha value is -4.06. The normalized spacial score (nSPS) is 12.7. The Morgan fingerprint density at radius 1 is 0.674 bits per heavy atom. The maximum atomic E-state index is 14.7. The second kappa shape index (κ2) is 10.9. The first kappa shape index (κ1) is 30.4. The molecule has 2 nitrogen and oxygen atoms in total. The Kier molecular flexibility index (Phi) is 7.70. The standard InChI is InChI=1S/C30H17ClF10N2/c31-21-10-8-19(25(32)14-21)15-43-27(22-5-2-6-23(26(22)42-43)29(36,37)38)18-4-1-3-16(12-18)11-17-7-9-20(28(33,34)35)13-24(17)30(39,40)41/h1-10,12-14H,11,15H2. The van der Waals surface area contributed by atoms with Gasteiger partial charge in [-0.3, -0.25) is 4.68 Å². The van der Waals surface area contributed by atoms with E-state index in [4.69, 9.17) is 11.6 Å². The molecule has 0 aliphatic carbocycles. The van der Waals surface area contributed by atoms with Crippen LogP contribution < -0.4 is 0 Å². The van der Waals surface area contributed by atoms with Crippen LogP contribution in [0.2, 0.25) is 5.02 Å². The molecule has 0 spiro atoms. The van der Waals surface area contributed by atoms with Crippen LogP contribution in [0.5, 0.6) is 0 Å². The van der Waals surface area contributed by atoms with Crippen LogP contribution in [-0.2, 0) is 31.5 Å². The van der Waals surface area contributed by atoms with Crippen LogP contribution in [0.4, 0.5) is 43.9 Å². The van der Waals surface area contributed by atoms with Gasteiger partial charge in [-0.05, 0) is 53.9 Å². The third-order valence-corrected chi connectivity index (χ3v) is 6.98. The lowest BCUT2D eigenvalue weighted by Crippen LogP contribution is -2.13. The molecule has 4 aromatic carbocycles. The van der Waals surface area contributed by atoms with Crippen LogP contribution in [0.3, 0.4) is 0 Å². The zero-order chi connectivity index (χ0) is 31.3. The molecule has 0 N–H and O–H groups in total. The minimum absolute atomic E-state index is 0.0428. The number of hydrogen-bond donors (Lipinski definition) is 0. The van der Waals surface area contributed by atoms with Crippen LogP contribution in [0.15, 0.2) is 78.9 Å². The average molecular weight is 631 g/mol. The van der Waals surface area contributed by atoms with E-state index in [9.17, 15) is 43.9 Å². The van der Waals surface area contributed by atoms with Crippen LogP contribution in [0.1, 0.15) is 33.4 Å². The van der Waals surface area contributed by atoms with Gasteiger partial charge in [-0.15, -0.1) is 0 Å². The molecule has 43 heavy (non-hydrogen) atoms. The van der Waals surface area contributed by atoms with E-state index in [2.05, 4.69) is 5.10 Å². The van der Waals surface area contributed by atoms with Crippen LogP contribution in [0, 0.1) is 5.82 Å². The number of nitrogens with zero attached hydrogens (tertiary/aromatic N) is 2. The summed E-state index contributed by atoms with van der Waals surface area (Å²) in [6.07, 6.45) is -15.3. The molecule has 5 rings (SSSR count). The number of aromatic nitrogens is 2. The van der Waals surface area contributed by atoms with E-state index in [1.54, 1.807) is 0 Å². The van der Waals surface area contributed by atoms with Gasteiger partial charge in [0.25, 0.3) is 0 Å². The van der Waals surface area contributed by atoms with Crippen molar-refractivity contribution in [1.82, 2.24) is 9.78 Å². The Labute approximate surface area is 242 Å². The predicted molar refractivity (Wildman–Crippen MR) is 140 cm³/mol. The lowest BCUT2D eigenvalue weighted by atomic mass is 9.95. The van der Waals surface area contributed by atoms with Gasteiger partial charge in [0.1, 0.15) is 11.3 Å². The first-order valence-electron chi connectivity index (χ1n) is 12.4. The molecule has 0 saturated carbocycles. The zero-order valence-electron chi connectivity index (χ0n) is 21.5. The maximum absolute atomic E-state index is 14.7. The molecule has 0 radical (unpaired) electrons. The molecule has 0 aliphatic rings. The Bertz CT molecular complexity index is 1820. The fraction of sp³-hybridized carbons (Fsp3) is 0.167. The van der Waals surface area contributed by atoms with Gasteiger partial charge in [-0.2, -0.15) is 44.6 Å². The zero-order valence-corrected chi connectivity index (χ0v) is 22.2. The van der Waals surface area contributed by atoms with Crippen molar-refractivity contribution in [2.24, 2.45) is 0 Å². The number of benzene rings is 4. The molecule has 5 aromatic rings. The molecule has 224 valence electrons. The fourth-order valence-corrected chi connectivity index (χ4v) is 4.99. The highest BCUT2D eigenvalue weighted by Gasteiger charge is 2.38. The molecule has 0 unspecified atom stereocenters. The van der Waals surface area contributed by atoms with Crippen molar-refractivity contribution in [3.8, 4) is 11.3 Å². The first-order chi connectivity index (χ1) is 20.0. The van der Waals surface area contributed by atoms with Crippen LogP contribution in [0.25, 0.3) is 22.2 Å². The van der Waals surface area contributed by atoms with Crippen molar-refractivity contribution < 1.29 is 43.9 Å². The van der Waals surface area contributed by atoms with Crippen LogP contribution >= 0.6 is 11.6 Å². The van der Waals surface area contributed by atoms with Crippen molar-refractivity contribution >= 4 is 22.5 Å². The van der Waals surface area contributed by atoms with E-state index in [1.807, 2.05) is 0 Å². The third kappa shape index (κ3) is 6.34. The molecule has 1 aromatic heterocycles. The number of alkyl halides is 9. The Balaban J connectivity index is 1.64. The Morgan fingerprint density at radius 2 is 1.35 bits per heavy atom. The quantitative estimate of drug-likeness (QED) is 0.177. The van der Waals surface area contributed by atoms with Gasteiger partial charge in [0.2, 0.25) is 0 Å². The van der Waals surface area contributed by atoms with Gasteiger partial charge in [-0.1, -0.05) is 54.1 Å². The fourth-order valence-electron chi connectivity index (χ4n) is 4.83. The summed E-state index contributed by atoms with van der Waals surface area (Å²) < 4.78 is 138. The summed E-state index contributed by atoms with van der Waals surface area (Å²) in [6, 6.07) is 14.3. The average Bonchev–Trinajstić information content (AvgIpc) is 3.27. The molecule has 0 bridgehead atoms. The van der Waals surface area contributed by atoms with E-state index in [0.717, 1.165) is 22.9 Å². The van der Waals surface area contributed by atoms with Crippen molar-refractivity contribution in [2.45, 2.75) is 31.5 Å². The highest BCUT2D eigenvalue weighted by atomic mass is 35.5. The minimum Gasteiger partial charge on any atom is -0.259 e. The van der Waals surface area contributed by atoms with Gasteiger partial charge in [-0.25, -0.2) is 4.39 Å². The summed E-state index contributed by atoms with van der Waals surface area (Å²) in [5.74, 6) is -0.732. The van der Waals surface area contributed by atoms with E-state index >= 15 is 0 Å². The minimum atomic E-state index is -5.08. The summed E-state index contributed by atoms with van der Waals surface area (Å²) in [5.41, 5.74) is -4.16. The number of halogens is 11. The van der Waals surface area contributed by atoms with Gasteiger partial charge >= 0.3 is 18.5 Å². The van der Waals surface area contributed by atoms with Crippen molar-refractivity contribution in [1.29, 1.82) is 0 Å². The third-order valence-electron chi connectivity index (χ3n) is 6.75. The van der Waals surface area contributed by atoms with Gasteiger partial charge < -0.3 is 0 Å². The highest BCUT2D eigenvalue weighted by molar-refractivity contribution is 6.30. The summed E-state index contributed by atoms with van der Waals surface area (Å²) in [5, 5.41) is 4.29. The summed E-state index contributed by atoms with van der Waals surface area (Å²) >= 11 is 5.82. The molecule has 0 saturated heterocycles. The second-order valence-corrected chi connectivity index (χ2v) is 10.1. The van der Waals surface area contributed by atoms with Gasteiger partial charge in [0, 0.05) is 21.5 Å². The Morgan fingerprint density at radius 3 is 2.00 bits per heavy atom. The topological polar surface area (TPSA) is 17.8 Å². The summed E-state index contributed by atoms with van der Waals surface area (Å²) in [7, 11) is 0. The monoisotopic (exact) mass is 630 g/mol. The molecule has 0 amide bonds. The van der Waals surface area contributed by atoms with E-state index in [0.29, 0.717) is 6.07 Å².